The van der Waals surface area contributed by atoms with E-state index in [0.29, 0.717) is 11.6 Å². The Morgan fingerprint density at radius 2 is 2.03 bits per heavy atom. The quantitative estimate of drug-likeness (QED) is 0.427. The van der Waals surface area contributed by atoms with Gasteiger partial charge in [-0.15, -0.1) is 0 Å². The number of fused-ring (bicyclic) bond motifs is 1. The van der Waals surface area contributed by atoms with E-state index in [1.54, 1.807) is 6.07 Å². The topological polar surface area (TPSA) is 54.1 Å². The summed E-state index contributed by atoms with van der Waals surface area (Å²) in [5.74, 6) is 1.73. The number of H-pyrrole nitrogens is 1. The lowest BCUT2D eigenvalue weighted by Gasteiger charge is -2.24. The minimum Gasteiger partial charge on any atom is -0.465 e. The number of thioether (sulfide) groups is 1. The van der Waals surface area contributed by atoms with E-state index in [9.17, 15) is 4.79 Å². The van der Waals surface area contributed by atoms with Gasteiger partial charge in [0.1, 0.15) is 0 Å². The molecule has 1 unspecified atom stereocenters. The van der Waals surface area contributed by atoms with Crippen LogP contribution in [-0.2, 0) is 10.5 Å². The molecule has 0 aliphatic carbocycles. The molecule has 1 aliphatic rings. The Labute approximate surface area is 175 Å². The summed E-state index contributed by atoms with van der Waals surface area (Å²) >= 11 is 1.94. The van der Waals surface area contributed by atoms with Crippen LogP contribution >= 0.6 is 11.8 Å². The van der Waals surface area contributed by atoms with Crippen molar-refractivity contribution in [3.05, 3.63) is 77.5 Å². The molecule has 0 saturated heterocycles. The third-order valence-corrected chi connectivity index (χ3v) is 6.48. The van der Waals surface area contributed by atoms with Gasteiger partial charge in [0.2, 0.25) is 0 Å². The molecule has 0 amide bonds. The van der Waals surface area contributed by atoms with Crippen LogP contribution in [0.5, 0.6) is 0 Å². The molecular formula is C24H26N2O2S. The molecule has 150 valence electrons. The Morgan fingerprint density at radius 1 is 1.17 bits per heavy atom. The number of hydrogen-bond donors (Lipinski definition) is 2. The summed E-state index contributed by atoms with van der Waals surface area (Å²) < 4.78 is 4.88. The fourth-order valence-electron chi connectivity index (χ4n) is 3.88. The maximum absolute atomic E-state index is 11.9. The first-order valence-electron chi connectivity index (χ1n) is 9.99. The van der Waals surface area contributed by atoms with E-state index in [0.717, 1.165) is 41.8 Å². The van der Waals surface area contributed by atoms with Gasteiger partial charge in [-0.25, -0.2) is 4.79 Å². The van der Waals surface area contributed by atoms with Gasteiger partial charge >= 0.3 is 5.97 Å². The summed E-state index contributed by atoms with van der Waals surface area (Å²) in [6, 6.07) is 17.0. The molecule has 0 radical (unpaired) electrons. The predicted octanol–water partition coefficient (Wildman–Crippen LogP) is 5.02. The number of para-hydroxylation sites is 1. The van der Waals surface area contributed by atoms with E-state index in [1.165, 1.54) is 23.8 Å². The van der Waals surface area contributed by atoms with E-state index in [1.807, 2.05) is 24.0 Å². The highest BCUT2D eigenvalue weighted by Gasteiger charge is 2.16. The average molecular weight is 407 g/mol. The summed E-state index contributed by atoms with van der Waals surface area (Å²) in [5, 5.41) is 4.72. The highest BCUT2D eigenvalue weighted by Crippen LogP contribution is 2.27. The van der Waals surface area contributed by atoms with E-state index in [4.69, 9.17) is 4.74 Å². The average Bonchev–Trinajstić information content (AvgIpc) is 3.20. The molecule has 29 heavy (non-hydrogen) atoms. The summed E-state index contributed by atoms with van der Waals surface area (Å²) in [4.78, 5) is 15.2. The van der Waals surface area contributed by atoms with Gasteiger partial charge in [-0.3, -0.25) is 0 Å². The van der Waals surface area contributed by atoms with Crippen LogP contribution in [-0.4, -0.2) is 36.4 Å². The fraction of sp³-hybridized carbons (Fsp3) is 0.292. The monoisotopic (exact) mass is 406 g/mol. The number of carbonyl (C=O) groups excluding carboxylic acids is 1. The number of nitrogens with one attached hydrogen (secondary N) is 2. The van der Waals surface area contributed by atoms with Crippen molar-refractivity contribution in [2.24, 2.45) is 0 Å². The highest BCUT2D eigenvalue weighted by atomic mass is 32.2. The number of aromatic nitrogens is 1. The van der Waals surface area contributed by atoms with Crippen LogP contribution in [0.15, 0.2) is 60.8 Å². The molecule has 1 aliphatic heterocycles. The number of benzene rings is 2. The zero-order valence-corrected chi connectivity index (χ0v) is 17.4. The van der Waals surface area contributed by atoms with Gasteiger partial charge in [0, 0.05) is 29.9 Å². The Balaban J connectivity index is 1.31. The van der Waals surface area contributed by atoms with Crippen LogP contribution in [0.3, 0.4) is 0 Å². The van der Waals surface area contributed by atoms with Crippen molar-refractivity contribution in [2.45, 2.75) is 24.6 Å². The Kier molecular flexibility index (Phi) is 6.37. The van der Waals surface area contributed by atoms with Crippen LogP contribution < -0.4 is 5.32 Å². The number of aromatic amines is 1. The lowest BCUT2D eigenvalue weighted by atomic mass is 9.94. The Bertz CT molecular complexity index is 1010. The fourth-order valence-corrected chi connectivity index (χ4v) is 4.94. The minimum absolute atomic E-state index is 0.303. The van der Waals surface area contributed by atoms with Crippen LogP contribution in [0.25, 0.3) is 16.5 Å². The van der Waals surface area contributed by atoms with Gasteiger partial charge < -0.3 is 15.0 Å². The van der Waals surface area contributed by atoms with Crippen molar-refractivity contribution in [3.63, 3.8) is 0 Å². The normalized spacial score (nSPS) is 16.6. The second kappa shape index (κ2) is 9.33. The first kappa shape index (κ1) is 19.8. The van der Waals surface area contributed by atoms with Crippen molar-refractivity contribution in [2.75, 3.05) is 19.4 Å². The van der Waals surface area contributed by atoms with E-state index in [2.05, 4.69) is 52.8 Å². The molecule has 2 heterocycles. The van der Waals surface area contributed by atoms with Gasteiger partial charge in [0.15, 0.2) is 0 Å². The number of methoxy groups -OCH3 is 1. The molecular weight excluding hydrogens is 380 g/mol. The van der Waals surface area contributed by atoms with Crippen LogP contribution in [0.1, 0.15) is 34.3 Å². The molecule has 0 spiro atoms. The number of esters is 1. The van der Waals surface area contributed by atoms with Gasteiger partial charge in [-0.2, -0.15) is 11.8 Å². The van der Waals surface area contributed by atoms with E-state index < -0.39 is 0 Å². The summed E-state index contributed by atoms with van der Waals surface area (Å²) in [6.45, 7) is 0.943. The molecule has 2 N–H and O–H groups in total. The number of rotatable bonds is 7. The standard InChI is InChI=1S/C24H26N2O2S/c1-28-24(27)22-9-5-8-21-19(15-26-23(21)22)16-29-13-11-20-14-18(10-12-25-20)17-6-3-2-4-7-17/h2-10,15,20,25-26H,11-14,16H2,1H3. The molecule has 3 aromatic rings. The van der Waals surface area contributed by atoms with Crippen molar-refractivity contribution in [1.29, 1.82) is 0 Å². The van der Waals surface area contributed by atoms with Gasteiger partial charge in [-0.1, -0.05) is 48.5 Å². The van der Waals surface area contributed by atoms with Gasteiger partial charge in [0.25, 0.3) is 0 Å². The predicted molar refractivity (Wildman–Crippen MR) is 121 cm³/mol. The number of ether oxygens (including phenoxy) is 1. The summed E-state index contributed by atoms with van der Waals surface area (Å²) in [6.07, 6.45) is 6.55. The zero-order valence-electron chi connectivity index (χ0n) is 16.6. The third-order valence-electron chi connectivity index (χ3n) is 5.44. The Hall–Kier alpha value is -2.50. The lowest BCUT2D eigenvalue weighted by molar-refractivity contribution is 0.0603. The smallest absolute Gasteiger partial charge is 0.339 e. The second-order valence-corrected chi connectivity index (χ2v) is 8.38. The molecule has 1 aromatic heterocycles. The first-order chi connectivity index (χ1) is 14.3. The van der Waals surface area contributed by atoms with Gasteiger partial charge in [0.05, 0.1) is 18.2 Å². The zero-order chi connectivity index (χ0) is 20.1. The second-order valence-electron chi connectivity index (χ2n) is 7.28. The molecule has 0 bridgehead atoms. The maximum Gasteiger partial charge on any atom is 0.339 e. The van der Waals surface area contributed by atoms with E-state index >= 15 is 0 Å². The Morgan fingerprint density at radius 3 is 2.86 bits per heavy atom. The number of hydrogen-bond acceptors (Lipinski definition) is 4. The summed E-state index contributed by atoms with van der Waals surface area (Å²) in [5.41, 5.74) is 5.48. The highest BCUT2D eigenvalue weighted by molar-refractivity contribution is 7.98. The maximum atomic E-state index is 11.9. The molecule has 2 aromatic carbocycles. The summed E-state index contributed by atoms with van der Waals surface area (Å²) in [7, 11) is 1.42. The number of carbonyl (C=O) groups is 1. The van der Waals surface area contributed by atoms with Crippen molar-refractivity contribution < 1.29 is 9.53 Å². The molecule has 5 heteroatoms. The molecule has 1 atom stereocenters. The van der Waals surface area contributed by atoms with Crippen LogP contribution in [0.4, 0.5) is 0 Å². The minimum atomic E-state index is -0.303. The molecule has 4 nitrogen and oxygen atoms in total. The molecule has 4 rings (SSSR count). The largest absolute Gasteiger partial charge is 0.465 e. The van der Waals surface area contributed by atoms with Crippen molar-refractivity contribution >= 4 is 34.2 Å². The lowest BCUT2D eigenvalue weighted by Crippen LogP contribution is -2.33. The van der Waals surface area contributed by atoms with Crippen molar-refractivity contribution in [1.82, 2.24) is 10.3 Å². The third kappa shape index (κ3) is 4.57. The van der Waals surface area contributed by atoms with Crippen LogP contribution in [0.2, 0.25) is 0 Å². The molecule has 0 saturated carbocycles. The molecule has 0 fully saturated rings. The van der Waals surface area contributed by atoms with Crippen molar-refractivity contribution in [3.8, 4) is 0 Å². The van der Waals surface area contributed by atoms with Gasteiger partial charge in [-0.05, 0) is 41.4 Å². The first-order valence-corrected chi connectivity index (χ1v) is 11.1. The SMILES string of the molecule is COC(=O)c1cccc2c(CSCCC3CC(c4ccccc4)=CCN3)c[nH]c12. The van der Waals surface area contributed by atoms with E-state index in [-0.39, 0.29) is 5.97 Å². The van der Waals surface area contributed by atoms with Crippen LogP contribution in [0, 0.1) is 0 Å².